The molecule has 5 nitrogen and oxygen atoms in total. The van der Waals surface area contributed by atoms with Crippen molar-refractivity contribution in [1.82, 2.24) is 10.2 Å². The predicted octanol–water partition coefficient (Wildman–Crippen LogP) is 3.83. The van der Waals surface area contributed by atoms with Gasteiger partial charge in [0.05, 0.1) is 6.04 Å². The molecule has 1 saturated heterocycles. The summed E-state index contributed by atoms with van der Waals surface area (Å²) in [4.78, 5) is 2.10. The van der Waals surface area contributed by atoms with Crippen LogP contribution in [0.25, 0.3) is 0 Å². The van der Waals surface area contributed by atoms with Crippen molar-refractivity contribution in [3.8, 4) is 17.2 Å². The normalized spacial score (nSPS) is 15.8. The Bertz CT molecular complexity index is 755. The van der Waals surface area contributed by atoms with Gasteiger partial charge in [-0.25, -0.2) is 0 Å². The number of rotatable bonds is 4. The number of hydrogen-bond donors (Lipinski definition) is 3. The van der Waals surface area contributed by atoms with E-state index >= 15 is 0 Å². The lowest BCUT2D eigenvalue weighted by Gasteiger charge is -2.36. The maximum atomic E-state index is 12.4. The van der Waals surface area contributed by atoms with Gasteiger partial charge in [0.2, 0.25) is 0 Å². The third-order valence-electron chi connectivity index (χ3n) is 4.25. The van der Waals surface area contributed by atoms with Crippen molar-refractivity contribution in [3.05, 3.63) is 53.6 Å². The molecule has 2 aromatic carbocycles. The van der Waals surface area contributed by atoms with Gasteiger partial charge in [-0.3, -0.25) is 4.90 Å². The molecule has 0 spiro atoms. The van der Waals surface area contributed by atoms with Gasteiger partial charge < -0.3 is 20.3 Å². The van der Waals surface area contributed by atoms with E-state index in [0.29, 0.717) is 24.2 Å². The van der Waals surface area contributed by atoms with Crippen molar-refractivity contribution in [2.24, 2.45) is 0 Å². The quantitative estimate of drug-likeness (QED) is 0.630. The summed E-state index contributed by atoms with van der Waals surface area (Å²) < 4.78 is 41.0. The molecule has 10 heteroatoms. The van der Waals surface area contributed by atoms with E-state index in [1.807, 2.05) is 0 Å². The minimum Gasteiger partial charge on any atom is -0.508 e. The average molecular weight is 441 g/mol. The molecule has 1 fully saturated rings. The smallest absolute Gasteiger partial charge is 0.508 e. The highest BCUT2D eigenvalue weighted by atomic mass is 35.5. The third-order valence-corrected chi connectivity index (χ3v) is 4.25. The molecule has 0 aromatic heterocycles. The van der Waals surface area contributed by atoms with Gasteiger partial charge in [0, 0.05) is 31.7 Å². The van der Waals surface area contributed by atoms with Crippen LogP contribution in [0.2, 0.25) is 0 Å². The van der Waals surface area contributed by atoms with Crippen LogP contribution >= 0.6 is 24.8 Å². The Morgan fingerprint density at radius 1 is 0.964 bits per heavy atom. The summed E-state index contributed by atoms with van der Waals surface area (Å²) >= 11 is 0. The van der Waals surface area contributed by atoms with E-state index in [1.54, 1.807) is 0 Å². The van der Waals surface area contributed by atoms with Crippen LogP contribution < -0.4 is 10.1 Å². The first-order valence-electron chi connectivity index (χ1n) is 8.16. The highest BCUT2D eigenvalue weighted by molar-refractivity contribution is 5.85. The molecule has 2 aromatic rings. The number of alkyl halides is 3. The first-order chi connectivity index (χ1) is 12.3. The van der Waals surface area contributed by atoms with Crippen LogP contribution in [0, 0.1) is 0 Å². The van der Waals surface area contributed by atoms with Gasteiger partial charge in [0.1, 0.15) is 17.2 Å². The topological polar surface area (TPSA) is 65.0 Å². The molecular formula is C18H21Cl2F3N2O3. The number of piperazine rings is 1. The predicted molar refractivity (Wildman–Crippen MR) is 104 cm³/mol. The standard InChI is InChI=1S/C18H19F3N2O3.2ClH/c19-18(20,21)26-14-4-1-12(2-5-14)17(23-9-7-22-8-10-23)15-11-13(24)3-6-16(15)25;;/h1-6,11,17,22,24-25H,7-10H2;2*1H/t17-;;/m0../s1. The van der Waals surface area contributed by atoms with E-state index in [-0.39, 0.29) is 42.1 Å². The van der Waals surface area contributed by atoms with Crippen LogP contribution in [0.3, 0.4) is 0 Å². The van der Waals surface area contributed by atoms with Crippen LogP contribution in [0.4, 0.5) is 13.2 Å². The number of nitrogens with zero attached hydrogens (tertiary/aromatic N) is 1. The molecule has 0 aliphatic carbocycles. The van der Waals surface area contributed by atoms with Crippen LogP contribution in [0.15, 0.2) is 42.5 Å². The van der Waals surface area contributed by atoms with Crippen LogP contribution in [0.1, 0.15) is 17.2 Å². The molecule has 156 valence electrons. The summed E-state index contributed by atoms with van der Waals surface area (Å²) in [6.45, 7) is 2.90. The fourth-order valence-corrected chi connectivity index (χ4v) is 3.14. The molecule has 1 heterocycles. The van der Waals surface area contributed by atoms with E-state index in [9.17, 15) is 23.4 Å². The minimum absolute atomic E-state index is 0. The molecule has 0 amide bonds. The summed E-state index contributed by atoms with van der Waals surface area (Å²) in [6, 6.07) is 9.44. The number of aromatic hydroxyl groups is 2. The average Bonchev–Trinajstić information content (AvgIpc) is 2.59. The Kier molecular flexibility index (Phi) is 8.69. The van der Waals surface area contributed by atoms with Crippen molar-refractivity contribution in [3.63, 3.8) is 0 Å². The maximum absolute atomic E-state index is 12.4. The zero-order valence-electron chi connectivity index (χ0n) is 14.6. The van der Waals surface area contributed by atoms with Gasteiger partial charge in [0.15, 0.2) is 0 Å². The lowest BCUT2D eigenvalue weighted by molar-refractivity contribution is -0.274. The number of phenols is 2. The van der Waals surface area contributed by atoms with E-state index in [2.05, 4.69) is 15.0 Å². The van der Waals surface area contributed by atoms with Crippen molar-refractivity contribution in [2.45, 2.75) is 12.4 Å². The SMILES string of the molecule is Cl.Cl.Oc1ccc(O)c([C@H](c2ccc(OC(F)(F)F)cc2)N2CCNCC2)c1. The third kappa shape index (κ3) is 6.07. The summed E-state index contributed by atoms with van der Waals surface area (Å²) in [5.41, 5.74) is 1.19. The number of halogens is 5. The summed E-state index contributed by atoms with van der Waals surface area (Å²) in [6.07, 6.45) is -4.75. The van der Waals surface area contributed by atoms with Crippen molar-refractivity contribution >= 4 is 24.8 Å². The highest BCUT2D eigenvalue weighted by Gasteiger charge is 2.31. The van der Waals surface area contributed by atoms with Crippen LogP contribution in [0.5, 0.6) is 17.2 Å². The Hall–Kier alpha value is -1.87. The van der Waals surface area contributed by atoms with Crippen molar-refractivity contribution < 1.29 is 28.1 Å². The summed E-state index contributed by atoms with van der Waals surface area (Å²) in [5, 5.41) is 23.3. The maximum Gasteiger partial charge on any atom is 0.573 e. The van der Waals surface area contributed by atoms with Gasteiger partial charge in [-0.2, -0.15) is 0 Å². The first kappa shape index (κ1) is 24.2. The van der Waals surface area contributed by atoms with E-state index in [0.717, 1.165) is 13.1 Å². The molecule has 0 bridgehead atoms. The monoisotopic (exact) mass is 440 g/mol. The fraction of sp³-hybridized carbons (Fsp3) is 0.333. The van der Waals surface area contributed by atoms with Gasteiger partial charge in [-0.05, 0) is 35.9 Å². The Labute approximate surface area is 172 Å². The second kappa shape index (κ2) is 10.1. The zero-order chi connectivity index (χ0) is 18.7. The lowest BCUT2D eigenvalue weighted by atomic mass is 9.95. The van der Waals surface area contributed by atoms with Gasteiger partial charge >= 0.3 is 6.36 Å². The van der Waals surface area contributed by atoms with Crippen molar-refractivity contribution in [1.29, 1.82) is 0 Å². The largest absolute Gasteiger partial charge is 0.573 e. The van der Waals surface area contributed by atoms with Crippen LogP contribution in [-0.4, -0.2) is 47.7 Å². The molecule has 1 aliphatic rings. The Balaban J connectivity index is 0.00000196. The second-order valence-corrected chi connectivity index (χ2v) is 6.05. The molecule has 3 rings (SSSR count). The number of phenolic OH excluding ortho intramolecular Hbond substituents is 2. The van der Waals surface area contributed by atoms with Crippen molar-refractivity contribution in [2.75, 3.05) is 26.2 Å². The Morgan fingerprint density at radius 3 is 2.14 bits per heavy atom. The first-order valence-corrected chi connectivity index (χ1v) is 8.16. The number of benzene rings is 2. The molecule has 0 radical (unpaired) electrons. The molecular weight excluding hydrogens is 420 g/mol. The Morgan fingerprint density at radius 2 is 1.57 bits per heavy atom. The highest BCUT2D eigenvalue weighted by Crippen LogP contribution is 2.37. The molecule has 3 N–H and O–H groups in total. The molecule has 1 aliphatic heterocycles. The molecule has 0 saturated carbocycles. The van der Waals surface area contributed by atoms with Gasteiger partial charge in [-0.1, -0.05) is 12.1 Å². The summed E-state index contributed by atoms with van der Waals surface area (Å²) in [7, 11) is 0. The van der Waals surface area contributed by atoms with Gasteiger partial charge in [-0.15, -0.1) is 38.0 Å². The van der Waals surface area contributed by atoms with Gasteiger partial charge in [0.25, 0.3) is 0 Å². The van der Waals surface area contributed by atoms with Crippen LogP contribution in [-0.2, 0) is 0 Å². The molecule has 0 unspecified atom stereocenters. The lowest BCUT2D eigenvalue weighted by Crippen LogP contribution is -2.45. The summed E-state index contributed by atoms with van der Waals surface area (Å²) in [5.74, 6) is -0.280. The number of hydrogen-bond acceptors (Lipinski definition) is 5. The molecule has 1 atom stereocenters. The number of nitrogens with one attached hydrogen (secondary N) is 1. The zero-order valence-corrected chi connectivity index (χ0v) is 16.3. The molecule has 28 heavy (non-hydrogen) atoms. The fourth-order valence-electron chi connectivity index (χ4n) is 3.14. The van der Waals surface area contributed by atoms with E-state index < -0.39 is 12.4 Å². The van der Waals surface area contributed by atoms with E-state index in [4.69, 9.17) is 0 Å². The minimum atomic E-state index is -4.75. The number of ether oxygens (including phenoxy) is 1. The second-order valence-electron chi connectivity index (χ2n) is 6.05. The van der Waals surface area contributed by atoms with E-state index in [1.165, 1.54) is 42.5 Å².